The predicted molar refractivity (Wildman–Crippen MR) is 85.4 cm³/mol. The van der Waals surface area contributed by atoms with E-state index in [1.54, 1.807) is 12.1 Å². The number of ether oxygens (including phenoxy) is 1. The van der Waals surface area contributed by atoms with Gasteiger partial charge in [0, 0.05) is 11.8 Å². The number of amides is 2. The highest BCUT2D eigenvalue weighted by molar-refractivity contribution is 5.89. The van der Waals surface area contributed by atoms with Crippen LogP contribution in [0.1, 0.15) is 11.3 Å². The molecule has 1 saturated heterocycles. The lowest BCUT2D eigenvalue weighted by atomic mass is 10.2. The van der Waals surface area contributed by atoms with Gasteiger partial charge in [-0.05, 0) is 25.1 Å². The Morgan fingerprint density at radius 2 is 1.88 bits per heavy atom. The lowest BCUT2D eigenvalue weighted by Gasteiger charge is -2.38. The quantitative estimate of drug-likeness (QED) is 0.917. The average Bonchev–Trinajstić information content (AvgIpc) is 2.52. The third-order valence-electron chi connectivity index (χ3n) is 3.74. The highest BCUT2D eigenvalue weighted by Gasteiger charge is 2.35. The fourth-order valence-electron chi connectivity index (χ4n) is 2.33. The second kappa shape index (κ2) is 6.62. The van der Waals surface area contributed by atoms with Crippen LogP contribution in [0, 0.1) is 6.92 Å². The van der Waals surface area contributed by atoms with Crippen molar-refractivity contribution in [3.05, 3.63) is 53.7 Å². The van der Waals surface area contributed by atoms with Crippen molar-refractivity contribution >= 4 is 11.7 Å². The summed E-state index contributed by atoms with van der Waals surface area (Å²) in [6.45, 7) is 2.52. The molecule has 3 rings (SSSR count). The van der Waals surface area contributed by atoms with Crippen LogP contribution in [0.25, 0.3) is 0 Å². The number of nitrogens with zero attached hydrogens (tertiary/aromatic N) is 2. The SMILES string of the molecule is Cc1ccc(NC(=O)N2CC(Oc3cccc(C(F)(F)F)n3)C2)cc1. The van der Waals surface area contributed by atoms with E-state index in [9.17, 15) is 18.0 Å². The van der Waals surface area contributed by atoms with Gasteiger partial charge in [-0.15, -0.1) is 0 Å². The average molecular weight is 351 g/mol. The van der Waals surface area contributed by atoms with E-state index in [2.05, 4.69) is 10.3 Å². The van der Waals surface area contributed by atoms with Crippen molar-refractivity contribution in [3.63, 3.8) is 0 Å². The molecular weight excluding hydrogens is 335 g/mol. The van der Waals surface area contributed by atoms with Crippen LogP contribution in [0.3, 0.4) is 0 Å². The van der Waals surface area contributed by atoms with E-state index < -0.39 is 11.9 Å². The standard InChI is InChI=1S/C17H16F3N3O2/c1-11-5-7-12(8-6-11)21-16(24)23-9-13(10-23)25-15-4-2-3-14(22-15)17(18,19)20/h2-8,13H,9-10H2,1H3,(H,21,24). The number of alkyl halides is 3. The summed E-state index contributed by atoms with van der Waals surface area (Å²) in [4.78, 5) is 17.0. The van der Waals surface area contributed by atoms with E-state index in [0.29, 0.717) is 5.69 Å². The van der Waals surface area contributed by atoms with Crippen molar-refractivity contribution in [1.82, 2.24) is 9.88 Å². The Bertz CT molecular complexity index is 756. The number of nitrogens with one attached hydrogen (secondary N) is 1. The number of carbonyl (C=O) groups excluding carboxylic acids is 1. The largest absolute Gasteiger partial charge is 0.471 e. The smallest absolute Gasteiger partial charge is 0.433 e. The van der Waals surface area contributed by atoms with Gasteiger partial charge in [0.05, 0.1) is 13.1 Å². The van der Waals surface area contributed by atoms with Crippen molar-refractivity contribution in [2.24, 2.45) is 0 Å². The van der Waals surface area contributed by atoms with Crippen molar-refractivity contribution in [3.8, 4) is 5.88 Å². The first-order valence-corrected chi connectivity index (χ1v) is 7.65. The van der Waals surface area contributed by atoms with Gasteiger partial charge in [0.15, 0.2) is 0 Å². The Hall–Kier alpha value is -2.77. The minimum Gasteiger partial charge on any atom is -0.471 e. The number of benzene rings is 1. The second-order valence-electron chi connectivity index (χ2n) is 5.80. The minimum absolute atomic E-state index is 0.0987. The highest BCUT2D eigenvalue weighted by atomic mass is 19.4. The van der Waals surface area contributed by atoms with E-state index in [-0.39, 0.29) is 31.1 Å². The molecule has 0 aliphatic carbocycles. The summed E-state index contributed by atoms with van der Waals surface area (Å²) in [6.07, 6.45) is -4.89. The number of anilines is 1. The first-order chi connectivity index (χ1) is 11.8. The van der Waals surface area contributed by atoms with Crippen LogP contribution in [0.2, 0.25) is 0 Å². The van der Waals surface area contributed by atoms with Crippen molar-refractivity contribution < 1.29 is 22.7 Å². The molecule has 0 saturated carbocycles. The molecule has 1 aromatic heterocycles. The highest BCUT2D eigenvalue weighted by Crippen LogP contribution is 2.29. The number of likely N-dealkylation sites (tertiary alicyclic amines) is 1. The third-order valence-corrected chi connectivity index (χ3v) is 3.74. The van der Waals surface area contributed by atoms with Gasteiger partial charge in [-0.2, -0.15) is 13.2 Å². The summed E-state index contributed by atoms with van der Waals surface area (Å²) in [6, 6.07) is 10.6. The maximum absolute atomic E-state index is 12.6. The van der Waals surface area contributed by atoms with Gasteiger partial charge < -0.3 is 15.0 Å². The topological polar surface area (TPSA) is 54.5 Å². The molecule has 0 bridgehead atoms. The Morgan fingerprint density at radius 3 is 2.52 bits per heavy atom. The fraction of sp³-hybridized carbons (Fsp3) is 0.294. The first kappa shape index (κ1) is 17.1. The molecule has 1 N–H and O–H groups in total. The Morgan fingerprint density at radius 1 is 1.20 bits per heavy atom. The Labute approximate surface area is 142 Å². The normalized spacial score (nSPS) is 14.8. The Balaban J connectivity index is 1.51. The summed E-state index contributed by atoms with van der Waals surface area (Å²) in [5.41, 5.74) is 0.766. The predicted octanol–water partition coefficient (Wildman–Crippen LogP) is 3.70. The van der Waals surface area contributed by atoms with Crippen molar-refractivity contribution in [2.45, 2.75) is 19.2 Å². The lowest BCUT2D eigenvalue weighted by Crippen LogP contribution is -2.57. The molecule has 0 spiro atoms. The number of rotatable bonds is 3. The van der Waals surface area contributed by atoms with Crippen LogP contribution in [0.15, 0.2) is 42.5 Å². The second-order valence-corrected chi connectivity index (χ2v) is 5.80. The molecule has 5 nitrogen and oxygen atoms in total. The summed E-state index contributed by atoms with van der Waals surface area (Å²) < 4.78 is 43.3. The third kappa shape index (κ3) is 4.20. The van der Waals surface area contributed by atoms with E-state index in [1.165, 1.54) is 17.0 Å². The van der Waals surface area contributed by atoms with Crippen LogP contribution in [-0.2, 0) is 6.18 Å². The molecule has 0 radical (unpaired) electrons. The van der Waals surface area contributed by atoms with Gasteiger partial charge in [0.25, 0.3) is 0 Å². The number of aryl methyl sites for hydroxylation is 1. The zero-order valence-electron chi connectivity index (χ0n) is 13.4. The fourth-order valence-corrected chi connectivity index (χ4v) is 2.33. The minimum atomic E-state index is -4.51. The summed E-state index contributed by atoms with van der Waals surface area (Å²) >= 11 is 0. The van der Waals surface area contributed by atoms with Crippen LogP contribution >= 0.6 is 0 Å². The number of carbonyl (C=O) groups is 1. The number of halogens is 3. The monoisotopic (exact) mass is 351 g/mol. The summed E-state index contributed by atoms with van der Waals surface area (Å²) in [5, 5.41) is 2.75. The van der Waals surface area contributed by atoms with E-state index in [4.69, 9.17) is 4.74 Å². The number of hydrogen-bond acceptors (Lipinski definition) is 3. The van der Waals surface area contributed by atoms with Crippen molar-refractivity contribution in [1.29, 1.82) is 0 Å². The van der Waals surface area contributed by atoms with Crippen LogP contribution < -0.4 is 10.1 Å². The van der Waals surface area contributed by atoms with E-state index in [1.807, 2.05) is 19.1 Å². The molecule has 25 heavy (non-hydrogen) atoms. The zero-order chi connectivity index (χ0) is 18.0. The van der Waals surface area contributed by atoms with Crippen LogP contribution in [0.5, 0.6) is 5.88 Å². The van der Waals surface area contributed by atoms with Gasteiger partial charge >= 0.3 is 12.2 Å². The molecule has 0 unspecified atom stereocenters. The van der Waals surface area contributed by atoms with Gasteiger partial charge in [0.1, 0.15) is 11.8 Å². The summed E-state index contributed by atoms with van der Waals surface area (Å²) in [7, 11) is 0. The number of aromatic nitrogens is 1. The molecule has 1 aromatic carbocycles. The number of urea groups is 1. The van der Waals surface area contributed by atoms with E-state index >= 15 is 0 Å². The zero-order valence-corrected chi connectivity index (χ0v) is 13.4. The summed E-state index contributed by atoms with van der Waals surface area (Å²) in [5.74, 6) is -0.0987. The molecule has 2 heterocycles. The molecular formula is C17H16F3N3O2. The van der Waals surface area contributed by atoms with Crippen LogP contribution in [0.4, 0.5) is 23.7 Å². The van der Waals surface area contributed by atoms with Gasteiger partial charge in [-0.25, -0.2) is 9.78 Å². The lowest BCUT2D eigenvalue weighted by molar-refractivity contribution is -0.141. The molecule has 1 aliphatic rings. The first-order valence-electron chi connectivity index (χ1n) is 7.65. The number of hydrogen-bond donors (Lipinski definition) is 1. The number of pyridine rings is 1. The molecule has 1 fully saturated rings. The maximum Gasteiger partial charge on any atom is 0.433 e. The van der Waals surface area contributed by atoms with Gasteiger partial charge in [-0.3, -0.25) is 0 Å². The molecule has 2 aromatic rings. The maximum atomic E-state index is 12.6. The van der Waals surface area contributed by atoms with Crippen LogP contribution in [-0.4, -0.2) is 35.1 Å². The molecule has 132 valence electrons. The Kier molecular flexibility index (Phi) is 4.52. The molecule has 1 aliphatic heterocycles. The molecule has 2 amide bonds. The van der Waals surface area contributed by atoms with Gasteiger partial charge in [0.2, 0.25) is 5.88 Å². The van der Waals surface area contributed by atoms with E-state index in [0.717, 1.165) is 11.6 Å². The molecule has 0 atom stereocenters. The molecule has 8 heteroatoms. The van der Waals surface area contributed by atoms with Gasteiger partial charge in [-0.1, -0.05) is 23.8 Å². The van der Waals surface area contributed by atoms with Crippen molar-refractivity contribution in [2.75, 3.05) is 18.4 Å².